The van der Waals surface area contributed by atoms with Crippen LogP contribution in [0, 0.1) is 11.8 Å². The van der Waals surface area contributed by atoms with E-state index in [4.69, 9.17) is 4.74 Å². The summed E-state index contributed by atoms with van der Waals surface area (Å²) in [6.07, 6.45) is 4.05. The van der Waals surface area contributed by atoms with Gasteiger partial charge in [-0.1, -0.05) is 30.3 Å². The quantitative estimate of drug-likeness (QED) is 0.847. The number of hydrogen-bond donors (Lipinski definition) is 2. The second kappa shape index (κ2) is 6.23. The molecule has 1 unspecified atom stereocenters. The molecule has 3 aliphatic rings. The van der Waals surface area contributed by atoms with Gasteiger partial charge in [-0.3, -0.25) is 0 Å². The van der Waals surface area contributed by atoms with E-state index in [0.717, 1.165) is 35.1 Å². The van der Waals surface area contributed by atoms with Gasteiger partial charge in [-0.05, 0) is 34.4 Å². The molecule has 0 aromatic heterocycles. The van der Waals surface area contributed by atoms with Gasteiger partial charge in [0, 0.05) is 18.8 Å². The molecule has 3 aliphatic heterocycles. The summed E-state index contributed by atoms with van der Waals surface area (Å²) >= 11 is 0. The van der Waals surface area contributed by atoms with Crippen LogP contribution in [0.4, 0.5) is 0 Å². The summed E-state index contributed by atoms with van der Waals surface area (Å²) in [6, 6.07) is 12.6. The van der Waals surface area contributed by atoms with E-state index >= 15 is 0 Å². The van der Waals surface area contributed by atoms with E-state index in [9.17, 15) is 5.11 Å². The van der Waals surface area contributed by atoms with Gasteiger partial charge in [0.05, 0.1) is 20.2 Å². The topological polar surface area (TPSA) is 33.9 Å². The van der Waals surface area contributed by atoms with E-state index in [1.54, 1.807) is 7.11 Å². The Bertz CT molecular complexity index is 757. The highest BCUT2D eigenvalue weighted by Gasteiger charge is 2.45. The second-order valence-electron chi connectivity index (χ2n) is 7.28. The van der Waals surface area contributed by atoms with Crippen molar-refractivity contribution in [2.75, 3.05) is 20.2 Å². The first-order valence-electron chi connectivity index (χ1n) is 8.93. The molecule has 2 N–H and O–H groups in total. The van der Waals surface area contributed by atoms with Crippen LogP contribution in [-0.2, 0) is 0 Å². The van der Waals surface area contributed by atoms with Gasteiger partial charge in [-0.25, -0.2) is 0 Å². The van der Waals surface area contributed by atoms with E-state index in [1.165, 1.54) is 17.9 Å². The van der Waals surface area contributed by atoms with Gasteiger partial charge in [0.1, 0.15) is 17.9 Å². The molecule has 0 spiro atoms. The third kappa shape index (κ3) is 2.52. The number of ether oxygens (including phenoxy) is 1. The first-order chi connectivity index (χ1) is 11.7. The molecule has 3 fully saturated rings. The van der Waals surface area contributed by atoms with Gasteiger partial charge in [0.15, 0.2) is 0 Å². The largest absolute Gasteiger partial charge is 0.497 e. The summed E-state index contributed by atoms with van der Waals surface area (Å²) in [5.41, 5.74) is 1.03. The zero-order chi connectivity index (χ0) is 16.7. The molecule has 2 aromatic rings. The minimum absolute atomic E-state index is 0.289. The Kier molecular flexibility index (Phi) is 4.07. The molecule has 3 heteroatoms. The number of methoxy groups -OCH3 is 1. The number of nitrogens with one attached hydrogen (secondary N) is 1. The minimum atomic E-state index is -0.427. The van der Waals surface area contributed by atoms with Crippen molar-refractivity contribution < 1.29 is 14.7 Å². The van der Waals surface area contributed by atoms with Crippen LogP contribution in [0.3, 0.4) is 0 Å². The van der Waals surface area contributed by atoms with E-state index in [0.29, 0.717) is 11.8 Å². The number of aliphatic hydroxyl groups excluding tert-OH is 1. The molecule has 0 aliphatic carbocycles. The van der Waals surface area contributed by atoms with Gasteiger partial charge in [0.2, 0.25) is 0 Å². The van der Waals surface area contributed by atoms with Crippen molar-refractivity contribution in [1.82, 2.24) is 0 Å². The zero-order valence-corrected chi connectivity index (χ0v) is 14.2. The van der Waals surface area contributed by atoms with E-state index < -0.39 is 6.10 Å². The number of fused-ring (bicyclic) bond motifs is 4. The van der Waals surface area contributed by atoms with Crippen LogP contribution in [0.1, 0.15) is 24.5 Å². The maximum Gasteiger partial charge on any atom is 0.131 e. The van der Waals surface area contributed by atoms with Crippen molar-refractivity contribution in [2.45, 2.75) is 25.0 Å². The number of rotatable bonds is 4. The van der Waals surface area contributed by atoms with Gasteiger partial charge in [-0.15, -0.1) is 6.58 Å². The summed E-state index contributed by atoms with van der Waals surface area (Å²) in [6.45, 7) is 6.29. The normalized spacial score (nSPS) is 30.2. The fourth-order valence-corrected chi connectivity index (χ4v) is 4.78. The number of hydrogen-bond acceptors (Lipinski definition) is 2. The third-order valence-electron chi connectivity index (χ3n) is 6.15. The fraction of sp³-hybridized carbons (Fsp3) is 0.429. The SMILES string of the molecule is C=C[C@H]1C[NH+]2CC[C@H]1C[C@H]2[C@@H](O)c1cccc2ccc(OC)cc12. The predicted octanol–water partition coefficient (Wildman–Crippen LogP) is 2.36. The summed E-state index contributed by atoms with van der Waals surface area (Å²) in [5.74, 6) is 2.14. The number of piperidine rings is 3. The summed E-state index contributed by atoms with van der Waals surface area (Å²) in [4.78, 5) is 1.54. The van der Waals surface area contributed by atoms with Gasteiger partial charge in [0.25, 0.3) is 0 Å². The highest BCUT2D eigenvalue weighted by atomic mass is 16.5. The zero-order valence-electron chi connectivity index (χ0n) is 14.2. The van der Waals surface area contributed by atoms with E-state index in [-0.39, 0.29) is 6.04 Å². The first kappa shape index (κ1) is 15.7. The molecule has 126 valence electrons. The Balaban J connectivity index is 1.69. The molecule has 2 bridgehead atoms. The fourth-order valence-electron chi connectivity index (χ4n) is 4.78. The average molecular weight is 324 g/mol. The second-order valence-corrected chi connectivity index (χ2v) is 7.28. The summed E-state index contributed by atoms with van der Waals surface area (Å²) < 4.78 is 5.38. The monoisotopic (exact) mass is 324 g/mol. The van der Waals surface area contributed by atoms with Crippen LogP contribution in [0.15, 0.2) is 49.1 Å². The standard InChI is InChI=1S/C21H25NO2/c1-3-14-13-22-10-9-16(14)11-20(22)21(23)18-6-4-5-15-7-8-17(24-2)12-19(15)18/h3-8,12,14,16,20-21,23H,1,9-11,13H2,2H3/p+1/t14-,16-,20-,21-/m0/s1. The Morgan fingerprint density at radius 1 is 1.33 bits per heavy atom. The lowest BCUT2D eigenvalue weighted by molar-refractivity contribution is -0.949. The smallest absolute Gasteiger partial charge is 0.131 e. The summed E-state index contributed by atoms with van der Waals surface area (Å²) in [7, 11) is 1.69. The van der Waals surface area contributed by atoms with Crippen LogP contribution in [-0.4, -0.2) is 31.3 Å². The van der Waals surface area contributed by atoms with Gasteiger partial charge in [-0.2, -0.15) is 0 Å². The molecule has 0 amide bonds. The average Bonchev–Trinajstić information content (AvgIpc) is 2.66. The minimum Gasteiger partial charge on any atom is -0.497 e. The molecule has 3 heterocycles. The Morgan fingerprint density at radius 3 is 2.92 bits per heavy atom. The molecular weight excluding hydrogens is 298 g/mol. The highest BCUT2D eigenvalue weighted by Crippen LogP contribution is 2.35. The molecule has 24 heavy (non-hydrogen) atoms. The van der Waals surface area contributed by atoms with Crippen LogP contribution in [0.5, 0.6) is 5.75 Å². The van der Waals surface area contributed by atoms with Crippen LogP contribution >= 0.6 is 0 Å². The Labute approximate surface area is 143 Å². The molecule has 3 nitrogen and oxygen atoms in total. The molecule has 0 saturated carbocycles. The molecular formula is C21H26NO2+. The Morgan fingerprint density at radius 2 is 2.21 bits per heavy atom. The first-order valence-corrected chi connectivity index (χ1v) is 8.93. The van der Waals surface area contributed by atoms with Gasteiger partial charge >= 0.3 is 0 Å². The molecule has 3 saturated heterocycles. The molecule has 2 aromatic carbocycles. The van der Waals surface area contributed by atoms with Crippen LogP contribution in [0.2, 0.25) is 0 Å². The van der Waals surface area contributed by atoms with Crippen molar-refractivity contribution in [3.8, 4) is 5.75 Å². The predicted molar refractivity (Wildman–Crippen MR) is 96.4 cm³/mol. The highest BCUT2D eigenvalue weighted by molar-refractivity contribution is 5.87. The Hall–Kier alpha value is -1.84. The van der Waals surface area contributed by atoms with Crippen molar-refractivity contribution in [3.05, 3.63) is 54.6 Å². The maximum absolute atomic E-state index is 11.2. The number of quaternary nitrogens is 1. The third-order valence-corrected chi connectivity index (χ3v) is 6.15. The van der Waals surface area contributed by atoms with Crippen molar-refractivity contribution in [3.63, 3.8) is 0 Å². The molecule has 5 rings (SSSR count). The molecule has 5 atom stereocenters. The lowest BCUT2D eigenvalue weighted by atomic mass is 9.73. The number of benzene rings is 2. The number of aliphatic hydroxyl groups is 1. The molecule has 0 radical (unpaired) electrons. The van der Waals surface area contributed by atoms with Gasteiger partial charge < -0.3 is 14.7 Å². The van der Waals surface area contributed by atoms with E-state index in [2.05, 4.69) is 30.9 Å². The van der Waals surface area contributed by atoms with Crippen LogP contribution in [0.25, 0.3) is 10.8 Å². The lowest BCUT2D eigenvalue weighted by Crippen LogP contribution is -3.20. The van der Waals surface area contributed by atoms with Crippen molar-refractivity contribution >= 4 is 10.8 Å². The van der Waals surface area contributed by atoms with Crippen molar-refractivity contribution in [1.29, 1.82) is 0 Å². The van der Waals surface area contributed by atoms with E-state index in [1.807, 2.05) is 18.2 Å². The van der Waals surface area contributed by atoms with Crippen molar-refractivity contribution in [2.24, 2.45) is 11.8 Å². The maximum atomic E-state index is 11.2. The summed E-state index contributed by atoms with van der Waals surface area (Å²) in [5, 5.41) is 13.5. The lowest BCUT2D eigenvalue weighted by Gasteiger charge is -2.47. The van der Waals surface area contributed by atoms with Crippen LogP contribution < -0.4 is 9.64 Å².